The fraction of sp³-hybridized carbons (Fsp3) is 0.588. The van der Waals surface area contributed by atoms with Crippen molar-refractivity contribution in [1.82, 2.24) is 10.2 Å². The van der Waals surface area contributed by atoms with Crippen LogP contribution in [-0.4, -0.2) is 49.4 Å². The van der Waals surface area contributed by atoms with E-state index in [1.807, 2.05) is 19.9 Å². The molecule has 1 aliphatic heterocycles. The zero-order valence-corrected chi connectivity index (χ0v) is 17.0. The lowest BCUT2D eigenvalue weighted by molar-refractivity contribution is -0.134. The first kappa shape index (κ1) is 20.5. The van der Waals surface area contributed by atoms with Gasteiger partial charge in [-0.1, -0.05) is 29.3 Å². The van der Waals surface area contributed by atoms with Crippen LogP contribution in [0.1, 0.15) is 38.8 Å². The second-order valence-electron chi connectivity index (χ2n) is 6.46. The van der Waals surface area contributed by atoms with Crippen molar-refractivity contribution < 1.29 is 13.2 Å². The summed E-state index contributed by atoms with van der Waals surface area (Å²) in [5, 5.41) is 4.35. The average molecular weight is 407 g/mol. The Morgan fingerprint density at radius 1 is 1.36 bits per heavy atom. The maximum absolute atomic E-state index is 12.8. The van der Waals surface area contributed by atoms with Crippen LogP contribution in [0, 0.1) is 0 Å². The van der Waals surface area contributed by atoms with Gasteiger partial charge in [0.1, 0.15) is 0 Å². The second kappa shape index (κ2) is 8.25. The van der Waals surface area contributed by atoms with Crippen molar-refractivity contribution in [3.05, 3.63) is 33.8 Å². The lowest BCUT2D eigenvalue weighted by Crippen LogP contribution is -2.50. The molecule has 3 unspecified atom stereocenters. The minimum absolute atomic E-state index is 0.0534. The summed E-state index contributed by atoms with van der Waals surface area (Å²) in [6.45, 7) is 6.07. The van der Waals surface area contributed by atoms with E-state index in [2.05, 4.69) is 5.32 Å². The van der Waals surface area contributed by atoms with Gasteiger partial charge in [0.2, 0.25) is 5.91 Å². The molecule has 5 nitrogen and oxygen atoms in total. The van der Waals surface area contributed by atoms with Gasteiger partial charge in [-0.15, -0.1) is 0 Å². The van der Waals surface area contributed by atoms with Crippen molar-refractivity contribution in [2.75, 3.05) is 18.1 Å². The van der Waals surface area contributed by atoms with Crippen molar-refractivity contribution >= 4 is 38.9 Å². The molecule has 8 heteroatoms. The Labute approximate surface area is 159 Å². The summed E-state index contributed by atoms with van der Waals surface area (Å²) >= 11 is 12.1. The molecule has 1 amide bonds. The Bertz CT molecular complexity index is 739. The summed E-state index contributed by atoms with van der Waals surface area (Å²) in [5.41, 5.74) is 0.859. The lowest BCUT2D eigenvalue weighted by atomic mass is 10.1. The highest BCUT2D eigenvalue weighted by molar-refractivity contribution is 7.91. The van der Waals surface area contributed by atoms with Gasteiger partial charge in [-0.3, -0.25) is 10.1 Å². The Hall–Kier alpha value is -0.820. The molecule has 1 aromatic rings. The third-order valence-corrected chi connectivity index (χ3v) is 6.89. The van der Waals surface area contributed by atoms with Crippen molar-refractivity contribution in [2.45, 2.75) is 45.3 Å². The van der Waals surface area contributed by atoms with Gasteiger partial charge >= 0.3 is 0 Å². The minimum Gasteiger partial charge on any atom is -0.338 e. The van der Waals surface area contributed by atoms with E-state index in [1.54, 1.807) is 24.0 Å². The summed E-state index contributed by atoms with van der Waals surface area (Å²) in [4.78, 5) is 14.5. The number of nitrogens with zero attached hydrogens (tertiary/aromatic N) is 1. The molecule has 1 heterocycles. The molecule has 25 heavy (non-hydrogen) atoms. The number of hydrogen-bond acceptors (Lipinski definition) is 4. The molecule has 1 fully saturated rings. The summed E-state index contributed by atoms with van der Waals surface area (Å²) in [7, 11) is -3.03. The summed E-state index contributed by atoms with van der Waals surface area (Å²) in [6, 6.07) is 4.43. The number of likely N-dealkylation sites (N-methyl/N-ethyl adjacent to an activating group) is 1. The largest absolute Gasteiger partial charge is 0.338 e. The van der Waals surface area contributed by atoms with Gasteiger partial charge in [-0.25, -0.2) is 8.42 Å². The van der Waals surface area contributed by atoms with Crippen LogP contribution >= 0.6 is 23.2 Å². The number of amides is 1. The predicted octanol–water partition coefficient (Wildman–Crippen LogP) is 3.07. The standard InChI is InChI=1S/C17H24Cl2N2O3S/c1-4-21(14-7-8-25(23,24)10-14)17(22)12(3)20-11(2)15-6-5-13(18)9-16(15)19/h5-6,9,11-12,14,20H,4,7-8,10H2,1-3H3. The number of halogens is 2. The van der Waals surface area contributed by atoms with Gasteiger partial charge < -0.3 is 4.90 Å². The van der Waals surface area contributed by atoms with E-state index >= 15 is 0 Å². The van der Waals surface area contributed by atoms with Crippen LogP contribution in [0.15, 0.2) is 18.2 Å². The molecule has 0 aliphatic carbocycles. The topological polar surface area (TPSA) is 66.5 Å². The Morgan fingerprint density at radius 3 is 2.56 bits per heavy atom. The van der Waals surface area contributed by atoms with Crippen LogP contribution in [0.5, 0.6) is 0 Å². The maximum Gasteiger partial charge on any atom is 0.239 e. The molecule has 1 N–H and O–H groups in total. The second-order valence-corrected chi connectivity index (χ2v) is 9.53. The summed E-state index contributed by atoms with van der Waals surface area (Å²) in [5.74, 6) is 0.110. The number of sulfone groups is 1. The molecule has 0 aromatic heterocycles. The van der Waals surface area contributed by atoms with Crippen molar-refractivity contribution in [2.24, 2.45) is 0 Å². The van der Waals surface area contributed by atoms with E-state index < -0.39 is 15.9 Å². The van der Waals surface area contributed by atoms with Gasteiger partial charge in [0.15, 0.2) is 9.84 Å². The Morgan fingerprint density at radius 2 is 2.04 bits per heavy atom. The highest BCUT2D eigenvalue weighted by Crippen LogP contribution is 2.26. The van der Waals surface area contributed by atoms with Gasteiger partial charge in [-0.05, 0) is 44.9 Å². The van der Waals surface area contributed by atoms with Gasteiger partial charge in [0.25, 0.3) is 0 Å². The van der Waals surface area contributed by atoms with Crippen LogP contribution in [0.4, 0.5) is 0 Å². The van der Waals surface area contributed by atoms with Crippen molar-refractivity contribution in [3.8, 4) is 0 Å². The normalized spacial score (nSPS) is 21.7. The van der Waals surface area contributed by atoms with Gasteiger partial charge in [0, 0.05) is 28.7 Å². The third-order valence-electron chi connectivity index (χ3n) is 4.57. The number of carbonyl (C=O) groups is 1. The SMILES string of the molecule is CCN(C(=O)C(C)NC(C)c1ccc(Cl)cc1Cl)C1CCS(=O)(=O)C1. The monoisotopic (exact) mass is 406 g/mol. The molecule has 1 aromatic carbocycles. The van der Waals surface area contributed by atoms with E-state index in [0.717, 1.165) is 5.56 Å². The summed E-state index contributed by atoms with van der Waals surface area (Å²) < 4.78 is 23.4. The predicted molar refractivity (Wildman–Crippen MR) is 102 cm³/mol. The smallest absolute Gasteiger partial charge is 0.239 e. The van der Waals surface area contributed by atoms with Crippen LogP contribution < -0.4 is 5.32 Å². The molecule has 1 aliphatic rings. The van der Waals surface area contributed by atoms with Crippen LogP contribution in [0.25, 0.3) is 0 Å². The molecule has 2 rings (SSSR count). The fourth-order valence-corrected chi connectivity index (χ4v) is 5.56. The zero-order chi connectivity index (χ0) is 18.8. The molecule has 3 atom stereocenters. The van der Waals surface area contributed by atoms with Crippen LogP contribution in [0.3, 0.4) is 0 Å². The number of benzene rings is 1. The number of hydrogen-bond donors (Lipinski definition) is 1. The van der Waals surface area contributed by atoms with E-state index in [0.29, 0.717) is 23.0 Å². The van der Waals surface area contributed by atoms with Gasteiger partial charge in [0.05, 0.1) is 17.5 Å². The molecular formula is C17H24Cl2N2O3S. The molecule has 140 valence electrons. The molecule has 0 radical (unpaired) electrons. The highest BCUT2D eigenvalue weighted by atomic mass is 35.5. The quantitative estimate of drug-likeness (QED) is 0.787. The first-order valence-corrected chi connectivity index (χ1v) is 10.9. The number of nitrogens with one attached hydrogen (secondary N) is 1. The lowest BCUT2D eigenvalue weighted by Gasteiger charge is -2.31. The summed E-state index contributed by atoms with van der Waals surface area (Å²) in [6.07, 6.45) is 0.507. The fourth-order valence-electron chi connectivity index (χ4n) is 3.25. The highest BCUT2D eigenvalue weighted by Gasteiger charge is 2.35. The number of carbonyl (C=O) groups excluding carboxylic acids is 1. The van der Waals surface area contributed by atoms with Gasteiger partial charge in [-0.2, -0.15) is 0 Å². The number of rotatable bonds is 6. The van der Waals surface area contributed by atoms with Crippen LogP contribution in [0.2, 0.25) is 10.0 Å². The third kappa shape index (κ3) is 5.09. The van der Waals surface area contributed by atoms with E-state index in [1.165, 1.54) is 0 Å². The Balaban J connectivity index is 2.05. The molecular weight excluding hydrogens is 383 g/mol. The maximum atomic E-state index is 12.8. The zero-order valence-electron chi connectivity index (χ0n) is 14.6. The minimum atomic E-state index is -3.03. The van der Waals surface area contributed by atoms with E-state index in [9.17, 15) is 13.2 Å². The first-order chi connectivity index (χ1) is 11.6. The molecule has 0 bridgehead atoms. The molecule has 0 saturated carbocycles. The van der Waals surface area contributed by atoms with Crippen molar-refractivity contribution in [3.63, 3.8) is 0 Å². The van der Waals surface area contributed by atoms with Crippen molar-refractivity contribution in [1.29, 1.82) is 0 Å². The van der Waals surface area contributed by atoms with E-state index in [-0.39, 0.29) is 29.5 Å². The molecule has 0 spiro atoms. The Kier molecular flexibility index (Phi) is 6.76. The molecule has 1 saturated heterocycles. The first-order valence-electron chi connectivity index (χ1n) is 8.36. The average Bonchev–Trinajstić information content (AvgIpc) is 2.87. The van der Waals surface area contributed by atoms with E-state index in [4.69, 9.17) is 23.2 Å². The van der Waals surface area contributed by atoms with Crippen LogP contribution in [-0.2, 0) is 14.6 Å².